The average Bonchev–Trinajstić information content (AvgIpc) is 2.62. The zero-order valence-electron chi connectivity index (χ0n) is 14.3. The molecule has 0 radical (unpaired) electrons. The lowest BCUT2D eigenvalue weighted by Gasteiger charge is -2.14. The van der Waals surface area contributed by atoms with Gasteiger partial charge >= 0.3 is 5.97 Å². The molecule has 2 aromatic carbocycles. The van der Waals surface area contributed by atoms with Gasteiger partial charge in [0.2, 0.25) is 0 Å². The first-order valence-corrected chi connectivity index (χ1v) is 8.79. The molecule has 0 fully saturated rings. The Kier molecular flexibility index (Phi) is 4.90. The number of thioether (sulfide) groups is 1. The summed E-state index contributed by atoms with van der Waals surface area (Å²) in [5.74, 6) is -0.273. The third-order valence-corrected chi connectivity index (χ3v) is 4.95. The highest BCUT2D eigenvalue weighted by Gasteiger charge is 2.15. The maximum atomic E-state index is 13.1. The van der Waals surface area contributed by atoms with Gasteiger partial charge in [0.15, 0.2) is 5.16 Å². The minimum Gasteiger partial charge on any atom is -0.468 e. The lowest BCUT2D eigenvalue weighted by Crippen LogP contribution is -2.22. The van der Waals surface area contributed by atoms with E-state index in [9.17, 15) is 9.59 Å². The molecule has 3 rings (SSSR count). The van der Waals surface area contributed by atoms with Gasteiger partial charge in [0.25, 0.3) is 5.56 Å². The molecule has 0 unspecified atom stereocenters. The molecule has 5 nitrogen and oxygen atoms in total. The van der Waals surface area contributed by atoms with Gasteiger partial charge in [-0.05, 0) is 49.2 Å². The molecule has 0 N–H and O–H groups in total. The third kappa shape index (κ3) is 3.44. The highest BCUT2D eigenvalue weighted by atomic mass is 32.2. The summed E-state index contributed by atoms with van der Waals surface area (Å²) in [4.78, 5) is 29.2. The number of ether oxygens (including phenoxy) is 1. The van der Waals surface area contributed by atoms with E-state index in [4.69, 9.17) is 4.74 Å². The van der Waals surface area contributed by atoms with Gasteiger partial charge in [-0.3, -0.25) is 14.2 Å². The van der Waals surface area contributed by atoms with Crippen molar-refractivity contribution in [3.63, 3.8) is 0 Å². The Morgan fingerprint density at radius 1 is 1.16 bits per heavy atom. The molecule has 6 heteroatoms. The highest BCUT2D eigenvalue weighted by Crippen LogP contribution is 2.22. The molecule has 3 aromatic rings. The summed E-state index contributed by atoms with van der Waals surface area (Å²) in [7, 11) is 1.34. The van der Waals surface area contributed by atoms with E-state index >= 15 is 0 Å². The largest absolute Gasteiger partial charge is 0.468 e. The van der Waals surface area contributed by atoms with Crippen molar-refractivity contribution in [1.29, 1.82) is 0 Å². The number of carbonyl (C=O) groups excluding carboxylic acids is 1. The van der Waals surface area contributed by atoms with E-state index in [2.05, 4.69) is 4.98 Å². The Morgan fingerprint density at radius 2 is 1.92 bits per heavy atom. The Morgan fingerprint density at radius 3 is 2.64 bits per heavy atom. The van der Waals surface area contributed by atoms with Crippen molar-refractivity contribution in [3.05, 3.63) is 63.9 Å². The minimum atomic E-state index is -0.362. The normalized spacial score (nSPS) is 10.8. The first-order valence-electron chi connectivity index (χ1n) is 7.80. The number of nitrogens with zero attached hydrogens (tertiary/aromatic N) is 2. The predicted octanol–water partition coefficient (Wildman–Crippen LogP) is 3.27. The average molecular weight is 354 g/mol. The Balaban J connectivity index is 2.22. The van der Waals surface area contributed by atoms with Gasteiger partial charge < -0.3 is 4.74 Å². The van der Waals surface area contributed by atoms with Crippen molar-refractivity contribution < 1.29 is 9.53 Å². The minimum absolute atomic E-state index is 0.0894. The first kappa shape index (κ1) is 17.2. The quantitative estimate of drug-likeness (QED) is 0.409. The van der Waals surface area contributed by atoms with Crippen LogP contribution in [0, 0.1) is 13.8 Å². The second-order valence-corrected chi connectivity index (χ2v) is 6.63. The maximum absolute atomic E-state index is 13.1. The monoisotopic (exact) mass is 354 g/mol. The molecule has 0 amide bonds. The molecule has 1 heterocycles. The van der Waals surface area contributed by atoms with Crippen LogP contribution in [0.5, 0.6) is 0 Å². The second kappa shape index (κ2) is 7.11. The van der Waals surface area contributed by atoms with Crippen LogP contribution < -0.4 is 5.56 Å². The molecule has 1 aromatic heterocycles. The molecule has 0 atom stereocenters. The van der Waals surface area contributed by atoms with E-state index in [-0.39, 0.29) is 17.3 Å². The summed E-state index contributed by atoms with van der Waals surface area (Å²) in [6.45, 7) is 4.02. The van der Waals surface area contributed by atoms with Crippen LogP contribution in [-0.4, -0.2) is 28.4 Å². The second-order valence-electron chi connectivity index (χ2n) is 5.69. The molecule has 0 saturated heterocycles. The zero-order valence-corrected chi connectivity index (χ0v) is 15.1. The lowest BCUT2D eigenvalue weighted by atomic mass is 10.1. The highest BCUT2D eigenvalue weighted by molar-refractivity contribution is 7.99. The van der Waals surface area contributed by atoms with Gasteiger partial charge in [0, 0.05) is 0 Å². The Labute approximate surface area is 149 Å². The van der Waals surface area contributed by atoms with Gasteiger partial charge in [0.1, 0.15) is 0 Å². The van der Waals surface area contributed by atoms with Gasteiger partial charge in [-0.15, -0.1) is 0 Å². The zero-order chi connectivity index (χ0) is 18.0. The summed E-state index contributed by atoms with van der Waals surface area (Å²) >= 11 is 1.19. The third-order valence-electron chi connectivity index (χ3n) is 4.04. The molecule has 0 aliphatic rings. The number of hydrogen-bond donors (Lipinski definition) is 0. The van der Waals surface area contributed by atoms with Crippen LogP contribution in [0.15, 0.2) is 52.4 Å². The van der Waals surface area contributed by atoms with Crippen LogP contribution in [0.1, 0.15) is 11.1 Å². The molecule has 0 bridgehead atoms. The smallest absolute Gasteiger partial charge is 0.316 e. The van der Waals surface area contributed by atoms with Crippen LogP contribution >= 0.6 is 11.8 Å². The standard InChI is InChI=1S/C19H18N2O3S/c1-12-8-9-14(10-13(12)2)21-18(23)15-6-4-5-7-16(15)20-19(21)25-11-17(22)24-3/h4-10H,11H2,1-3H3. The fraction of sp³-hybridized carbons (Fsp3) is 0.211. The number of benzene rings is 2. The molecule has 0 spiro atoms. The molecular weight excluding hydrogens is 336 g/mol. The van der Waals surface area contributed by atoms with E-state index in [1.165, 1.54) is 18.9 Å². The van der Waals surface area contributed by atoms with Crippen LogP contribution in [0.3, 0.4) is 0 Å². The number of para-hydroxylation sites is 1. The van der Waals surface area contributed by atoms with Crippen molar-refractivity contribution >= 4 is 28.6 Å². The molecule has 0 saturated carbocycles. The van der Waals surface area contributed by atoms with Crippen molar-refractivity contribution in [2.45, 2.75) is 19.0 Å². The van der Waals surface area contributed by atoms with E-state index in [1.54, 1.807) is 16.7 Å². The van der Waals surface area contributed by atoms with Gasteiger partial charge in [-0.2, -0.15) is 0 Å². The SMILES string of the molecule is COC(=O)CSc1nc2ccccc2c(=O)n1-c1ccc(C)c(C)c1. The first-order chi connectivity index (χ1) is 12.0. The molecule has 0 aliphatic carbocycles. The summed E-state index contributed by atoms with van der Waals surface area (Å²) in [5.41, 5.74) is 3.43. The number of rotatable bonds is 4. The van der Waals surface area contributed by atoms with E-state index in [0.717, 1.165) is 16.8 Å². The van der Waals surface area contributed by atoms with E-state index < -0.39 is 0 Å². The molecule has 25 heavy (non-hydrogen) atoms. The topological polar surface area (TPSA) is 61.2 Å². The van der Waals surface area contributed by atoms with Crippen molar-refractivity contribution in [3.8, 4) is 5.69 Å². The van der Waals surface area contributed by atoms with Crippen LogP contribution in [0.25, 0.3) is 16.6 Å². The van der Waals surface area contributed by atoms with Gasteiger partial charge in [-0.25, -0.2) is 4.98 Å². The number of fused-ring (bicyclic) bond motifs is 1. The van der Waals surface area contributed by atoms with E-state index in [1.807, 2.05) is 44.2 Å². The van der Waals surface area contributed by atoms with Gasteiger partial charge in [0.05, 0.1) is 29.5 Å². The molecule has 128 valence electrons. The Bertz CT molecular complexity index is 1010. The number of hydrogen-bond acceptors (Lipinski definition) is 5. The van der Waals surface area contributed by atoms with Crippen molar-refractivity contribution in [2.75, 3.05) is 12.9 Å². The van der Waals surface area contributed by atoms with Crippen LogP contribution in [0.2, 0.25) is 0 Å². The Hall–Kier alpha value is -2.60. The molecule has 0 aliphatic heterocycles. The molecular formula is C19H18N2O3S. The summed E-state index contributed by atoms with van der Waals surface area (Å²) in [6.07, 6.45) is 0. The van der Waals surface area contributed by atoms with Crippen molar-refractivity contribution in [1.82, 2.24) is 9.55 Å². The fourth-order valence-corrected chi connectivity index (χ4v) is 3.33. The van der Waals surface area contributed by atoms with E-state index in [0.29, 0.717) is 16.1 Å². The lowest BCUT2D eigenvalue weighted by molar-refractivity contribution is -0.137. The number of methoxy groups -OCH3 is 1. The van der Waals surface area contributed by atoms with Crippen molar-refractivity contribution in [2.24, 2.45) is 0 Å². The number of aromatic nitrogens is 2. The number of carbonyl (C=O) groups is 1. The number of aryl methyl sites for hydroxylation is 2. The number of esters is 1. The van der Waals surface area contributed by atoms with Gasteiger partial charge in [-0.1, -0.05) is 30.0 Å². The summed E-state index contributed by atoms with van der Waals surface area (Å²) in [5, 5.41) is 1.01. The summed E-state index contributed by atoms with van der Waals surface area (Å²) < 4.78 is 6.25. The maximum Gasteiger partial charge on any atom is 0.316 e. The van der Waals surface area contributed by atoms with Crippen LogP contribution in [-0.2, 0) is 9.53 Å². The summed E-state index contributed by atoms with van der Waals surface area (Å²) in [6, 6.07) is 13.0. The fourth-order valence-electron chi connectivity index (χ4n) is 2.48. The predicted molar refractivity (Wildman–Crippen MR) is 99.6 cm³/mol. The van der Waals surface area contributed by atoms with Crippen LogP contribution in [0.4, 0.5) is 0 Å².